The lowest BCUT2D eigenvalue weighted by atomic mass is 10.0. The molecular weight excluding hydrogens is 392 g/mol. The van der Waals surface area contributed by atoms with Gasteiger partial charge in [-0.15, -0.1) is 0 Å². The summed E-state index contributed by atoms with van der Waals surface area (Å²) >= 11 is 5.15. The summed E-state index contributed by atoms with van der Waals surface area (Å²) in [5, 5.41) is 3.35. The maximum Gasteiger partial charge on any atom is 0.407 e. The molecule has 29 heavy (non-hydrogen) atoms. The topological polar surface area (TPSA) is 96.4 Å². The van der Waals surface area contributed by atoms with Crippen molar-refractivity contribution in [2.75, 3.05) is 13.1 Å². The van der Waals surface area contributed by atoms with Gasteiger partial charge in [0.05, 0.1) is 10.9 Å². The van der Waals surface area contributed by atoms with Crippen LogP contribution in [0.25, 0.3) is 10.9 Å². The van der Waals surface area contributed by atoms with Crippen LogP contribution in [0, 0.1) is 4.77 Å². The summed E-state index contributed by atoms with van der Waals surface area (Å²) in [4.78, 5) is 41.8. The van der Waals surface area contributed by atoms with Crippen molar-refractivity contribution in [1.82, 2.24) is 19.8 Å². The Bertz CT molecular complexity index is 1060. The monoisotopic (exact) mass is 418 g/mol. The van der Waals surface area contributed by atoms with Crippen LogP contribution in [0.3, 0.4) is 0 Å². The van der Waals surface area contributed by atoms with Gasteiger partial charge in [0, 0.05) is 31.7 Å². The van der Waals surface area contributed by atoms with Crippen LogP contribution < -0.4 is 10.9 Å². The van der Waals surface area contributed by atoms with Crippen molar-refractivity contribution in [1.29, 1.82) is 0 Å². The van der Waals surface area contributed by atoms with Gasteiger partial charge in [0.25, 0.3) is 11.5 Å². The van der Waals surface area contributed by atoms with Crippen LogP contribution in [-0.2, 0) is 11.8 Å². The highest BCUT2D eigenvalue weighted by Crippen LogP contribution is 2.17. The molecule has 0 aliphatic carbocycles. The van der Waals surface area contributed by atoms with E-state index in [1.807, 2.05) is 20.8 Å². The average molecular weight is 419 g/mol. The van der Waals surface area contributed by atoms with Gasteiger partial charge < -0.3 is 19.9 Å². The number of likely N-dealkylation sites (tertiary alicyclic amines) is 1. The van der Waals surface area contributed by atoms with Crippen molar-refractivity contribution in [2.45, 2.75) is 45.3 Å². The van der Waals surface area contributed by atoms with Gasteiger partial charge in [-0.05, 0) is 64.0 Å². The van der Waals surface area contributed by atoms with E-state index in [1.165, 1.54) is 4.57 Å². The van der Waals surface area contributed by atoms with Crippen molar-refractivity contribution < 1.29 is 14.3 Å². The van der Waals surface area contributed by atoms with Crippen LogP contribution in [0.4, 0.5) is 4.79 Å². The number of aromatic nitrogens is 2. The number of amides is 2. The summed E-state index contributed by atoms with van der Waals surface area (Å²) in [6, 6.07) is 4.95. The zero-order valence-electron chi connectivity index (χ0n) is 17.1. The largest absolute Gasteiger partial charge is 0.444 e. The third-order valence-corrected chi connectivity index (χ3v) is 5.23. The van der Waals surface area contributed by atoms with Crippen molar-refractivity contribution >= 4 is 35.1 Å². The lowest BCUT2D eigenvalue weighted by Gasteiger charge is -2.33. The molecule has 1 aliphatic rings. The summed E-state index contributed by atoms with van der Waals surface area (Å²) in [6.45, 7) is 6.52. The molecule has 0 bridgehead atoms. The number of rotatable bonds is 2. The minimum Gasteiger partial charge on any atom is -0.444 e. The number of nitrogens with zero attached hydrogens (tertiary/aromatic N) is 2. The van der Waals surface area contributed by atoms with Crippen molar-refractivity contribution in [3.05, 3.63) is 38.9 Å². The first-order valence-corrected chi connectivity index (χ1v) is 9.98. The normalized spacial score (nSPS) is 15.4. The summed E-state index contributed by atoms with van der Waals surface area (Å²) in [6.07, 6.45) is 0.872. The van der Waals surface area contributed by atoms with E-state index >= 15 is 0 Å². The molecule has 8 nitrogen and oxygen atoms in total. The van der Waals surface area contributed by atoms with E-state index in [0.29, 0.717) is 47.2 Å². The van der Waals surface area contributed by atoms with Gasteiger partial charge in [-0.3, -0.25) is 14.2 Å². The van der Waals surface area contributed by atoms with E-state index in [2.05, 4.69) is 10.3 Å². The van der Waals surface area contributed by atoms with E-state index in [0.717, 1.165) is 0 Å². The van der Waals surface area contributed by atoms with Crippen LogP contribution in [0.2, 0.25) is 0 Å². The number of alkyl carbamates (subject to hydrolysis) is 1. The molecule has 2 heterocycles. The lowest BCUT2D eigenvalue weighted by molar-refractivity contribution is 0.0473. The number of carbonyl (C=O) groups excluding carboxylic acids is 2. The Balaban J connectivity index is 1.66. The predicted octanol–water partition coefficient (Wildman–Crippen LogP) is 2.73. The van der Waals surface area contributed by atoms with Crippen LogP contribution in [0.15, 0.2) is 23.0 Å². The van der Waals surface area contributed by atoms with Gasteiger partial charge in [-0.2, -0.15) is 0 Å². The number of ether oxygens (including phenoxy) is 1. The summed E-state index contributed by atoms with van der Waals surface area (Å²) in [5.74, 6) is -0.109. The number of carbonyl (C=O) groups is 2. The fourth-order valence-corrected chi connectivity index (χ4v) is 3.52. The third-order valence-electron chi connectivity index (χ3n) is 4.85. The molecule has 156 valence electrons. The summed E-state index contributed by atoms with van der Waals surface area (Å²) < 4.78 is 6.95. The average Bonchev–Trinajstić information content (AvgIpc) is 2.64. The van der Waals surface area contributed by atoms with Crippen molar-refractivity contribution in [3.63, 3.8) is 0 Å². The van der Waals surface area contributed by atoms with E-state index in [1.54, 1.807) is 30.1 Å². The maximum absolute atomic E-state index is 12.9. The van der Waals surface area contributed by atoms with E-state index in [-0.39, 0.29) is 17.5 Å². The highest BCUT2D eigenvalue weighted by atomic mass is 32.1. The Labute approximate surface area is 173 Å². The number of benzene rings is 1. The number of hydrogen-bond acceptors (Lipinski definition) is 5. The summed E-state index contributed by atoms with van der Waals surface area (Å²) in [5.41, 5.74) is 0.303. The molecule has 2 N–H and O–H groups in total. The second-order valence-electron chi connectivity index (χ2n) is 8.27. The molecule has 1 fully saturated rings. The van der Waals surface area contributed by atoms with E-state index in [4.69, 9.17) is 17.0 Å². The van der Waals surface area contributed by atoms with Gasteiger partial charge in [-0.25, -0.2) is 4.79 Å². The number of H-pyrrole nitrogens is 1. The third kappa shape index (κ3) is 4.84. The van der Waals surface area contributed by atoms with Gasteiger partial charge in [-0.1, -0.05) is 0 Å². The molecule has 1 aliphatic heterocycles. The van der Waals surface area contributed by atoms with Gasteiger partial charge in [0.1, 0.15) is 5.60 Å². The van der Waals surface area contributed by atoms with E-state index in [9.17, 15) is 14.4 Å². The number of hydrogen-bond donors (Lipinski definition) is 2. The first-order valence-electron chi connectivity index (χ1n) is 9.57. The molecule has 0 unspecified atom stereocenters. The molecule has 0 saturated carbocycles. The Morgan fingerprint density at radius 3 is 2.52 bits per heavy atom. The lowest BCUT2D eigenvalue weighted by Crippen LogP contribution is -2.47. The SMILES string of the molecule is Cn1c(=S)[nH]c2cc(C(=O)N3CCC(NC(=O)OC(C)(C)C)CC3)ccc2c1=O. The number of piperidine rings is 1. The van der Waals surface area contributed by atoms with Crippen LogP contribution in [0.1, 0.15) is 44.0 Å². The molecule has 2 aromatic rings. The molecule has 1 aromatic heterocycles. The molecular formula is C20H26N4O4S. The quantitative estimate of drug-likeness (QED) is 0.731. The van der Waals surface area contributed by atoms with Gasteiger partial charge >= 0.3 is 6.09 Å². The van der Waals surface area contributed by atoms with Gasteiger partial charge in [0.15, 0.2) is 4.77 Å². The molecule has 1 aromatic carbocycles. The molecule has 0 radical (unpaired) electrons. The highest BCUT2D eigenvalue weighted by Gasteiger charge is 2.26. The Hall–Kier alpha value is -2.68. The van der Waals surface area contributed by atoms with Gasteiger partial charge in [0.2, 0.25) is 0 Å². The number of fused-ring (bicyclic) bond motifs is 1. The van der Waals surface area contributed by atoms with Crippen LogP contribution in [0.5, 0.6) is 0 Å². The predicted molar refractivity (Wildman–Crippen MR) is 113 cm³/mol. The standard InChI is InChI=1S/C20H26N4O4S/c1-20(2,3)28-19(27)21-13-7-9-24(10-8-13)16(25)12-5-6-14-15(11-12)22-18(29)23(4)17(14)26/h5-6,11,13H,7-10H2,1-4H3,(H,21,27)(H,22,29). The van der Waals surface area contributed by atoms with E-state index < -0.39 is 11.7 Å². The maximum atomic E-state index is 12.9. The molecule has 0 atom stereocenters. The zero-order chi connectivity index (χ0) is 21.3. The smallest absolute Gasteiger partial charge is 0.407 e. The number of nitrogens with one attached hydrogen (secondary N) is 2. The Morgan fingerprint density at radius 2 is 1.90 bits per heavy atom. The first kappa shape index (κ1) is 21.0. The Kier molecular flexibility index (Phi) is 5.79. The second kappa shape index (κ2) is 7.98. The molecule has 1 saturated heterocycles. The molecule has 9 heteroatoms. The first-order chi connectivity index (χ1) is 13.5. The highest BCUT2D eigenvalue weighted by molar-refractivity contribution is 7.71. The van der Waals surface area contributed by atoms with Crippen molar-refractivity contribution in [2.24, 2.45) is 7.05 Å². The van der Waals surface area contributed by atoms with Crippen LogP contribution >= 0.6 is 12.2 Å². The summed E-state index contributed by atoms with van der Waals surface area (Å²) in [7, 11) is 1.61. The molecule has 0 spiro atoms. The van der Waals surface area contributed by atoms with Crippen molar-refractivity contribution in [3.8, 4) is 0 Å². The zero-order valence-corrected chi connectivity index (χ0v) is 17.9. The number of aromatic amines is 1. The van der Waals surface area contributed by atoms with Crippen LogP contribution in [-0.4, -0.2) is 51.2 Å². The fourth-order valence-electron chi connectivity index (χ4n) is 3.32. The minimum absolute atomic E-state index is 0.0235. The minimum atomic E-state index is -0.542. The molecule has 3 rings (SSSR count). The second-order valence-corrected chi connectivity index (χ2v) is 8.65. The fraction of sp³-hybridized carbons (Fsp3) is 0.500. The molecule has 2 amide bonds. The Morgan fingerprint density at radius 1 is 1.24 bits per heavy atom.